The Bertz CT molecular complexity index is 664. The SMILES string of the molecule is CNC(C)Nc1ccc2cc(COC(C)C)c(=O)oc2c1. The van der Waals surface area contributed by atoms with Crippen LogP contribution < -0.4 is 16.3 Å². The van der Waals surface area contributed by atoms with E-state index >= 15 is 0 Å². The van der Waals surface area contributed by atoms with Crippen molar-refractivity contribution >= 4 is 16.7 Å². The predicted octanol–water partition coefficient (Wildman–Crippen LogP) is 2.70. The minimum Gasteiger partial charge on any atom is -0.422 e. The number of rotatable bonds is 6. The van der Waals surface area contributed by atoms with Gasteiger partial charge < -0.3 is 19.8 Å². The third kappa shape index (κ3) is 4.06. The van der Waals surface area contributed by atoms with E-state index in [0.29, 0.717) is 11.1 Å². The highest BCUT2D eigenvalue weighted by Gasteiger charge is 2.08. The maximum atomic E-state index is 12.0. The third-order valence-electron chi connectivity index (χ3n) is 3.20. The number of hydrogen-bond donors (Lipinski definition) is 2. The first-order valence-electron chi connectivity index (χ1n) is 7.12. The van der Waals surface area contributed by atoms with Crippen molar-refractivity contribution in [1.29, 1.82) is 0 Å². The lowest BCUT2D eigenvalue weighted by molar-refractivity contribution is 0.0642. The fourth-order valence-electron chi connectivity index (χ4n) is 1.92. The van der Waals surface area contributed by atoms with E-state index in [1.54, 1.807) is 0 Å². The Balaban J connectivity index is 2.29. The molecule has 0 aliphatic rings. The summed E-state index contributed by atoms with van der Waals surface area (Å²) in [6.45, 7) is 6.15. The molecule has 1 heterocycles. The molecule has 0 spiro atoms. The highest BCUT2D eigenvalue weighted by molar-refractivity contribution is 5.80. The smallest absolute Gasteiger partial charge is 0.341 e. The standard InChI is InChI=1S/C16H22N2O3/c1-10(2)20-9-13-7-12-5-6-14(18-11(3)17-4)8-15(12)21-16(13)19/h5-8,10-11,17-18H,9H2,1-4H3. The zero-order valence-electron chi connectivity index (χ0n) is 12.9. The summed E-state index contributed by atoms with van der Waals surface area (Å²) in [5, 5.41) is 7.24. The zero-order valence-corrected chi connectivity index (χ0v) is 12.9. The van der Waals surface area contributed by atoms with Gasteiger partial charge in [-0.25, -0.2) is 4.79 Å². The van der Waals surface area contributed by atoms with Crippen LogP contribution in [0.2, 0.25) is 0 Å². The fraction of sp³-hybridized carbons (Fsp3) is 0.438. The number of benzene rings is 1. The molecule has 0 saturated heterocycles. The minimum atomic E-state index is -0.345. The van der Waals surface area contributed by atoms with Gasteiger partial charge in [0.05, 0.1) is 24.4 Å². The number of anilines is 1. The van der Waals surface area contributed by atoms with E-state index in [1.807, 2.05) is 52.1 Å². The van der Waals surface area contributed by atoms with Gasteiger partial charge in [-0.2, -0.15) is 0 Å². The van der Waals surface area contributed by atoms with Crippen LogP contribution in [0.4, 0.5) is 5.69 Å². The van der Waals surface area contributed by atoms with Gasteiger partial charge in [0.2, 0.25) is 0 Å². The van der Waals surface area contributed by atoms with E-state index < -0.39 is 0 Å². The molecule has 5 heteroatoms. The lowest BCUT2D eigenvalue weighted by Crippen LogP contribution is -2.29. The molecule has 2 N–H and O–H groups in total. The molecule has 0 bridgehead atoms. The Morgan fingerprint density at radius 2 is 2.00 bits per heavy atom. The number of fused-ring (bicyclic) bond motifs is 1. The topological polar surface area (TPSA) is 63.5 Å². The minimum absolute atomic E-state index is 0.0784. The molecule has 1 aromatic carbocycles. The average Bonchev–Trinajstić information content (AvgIpc) is 2.44. The molecule has 5 nitrogen and oxygen atoms in total. The highest BCUT2D eigenvalue weighted by atomic mass is 16.5. The third-order valence-corrected chi connectivity index (χ3v) is 3.20. The van der Waals surface area contributed by atoms with Crippen molar-refractivity contribution in [3.63, 3.8) is 0 Å². The quantitative estimate of drug-likeness (QED) is 0.632. The van der Waals surface area contributed by atoms with E-state index in [-0.39, 0.29) is 24.5 Å². The lowest BCUT2D eigenvalue weighted by Gasteiger charge is -2.14. The molecular weight excluding hydrogens is 268 g/mol. The van der Waals surface area contributed by atoms with E-state index in [2.05, 4.69) is 10.6 Å². The fourth-order valence-corrected chi connectivity index (χ4v) is 1.92. The first-order valence-corrected chi connectivity index (χ1v) is 7.12. The summed E-state index contributed by atoms with van der Waals surface area (Å²) in [4.78, 5) is 12.0. The first kappa shape index (κ1) is 15.5. The van der Waals surface area contributed by atoms with Crippen LogP contribution in [0.15, 0.2) is 33.5 Å². The van der Waals surface area contributed by atoms with E-state index in [9.17, 15) is 4.79 Å². The molecule has 0 saturated carbocycles. The van der Waals surface area contributed by atoms with Crippen LogP contribution in [-0.4, -0.2) is 19.3 Å². The summed E-state index contributed by atoms with van der Waals surface area (Å²) >= 11 is 0. The van der Waals surface area contributed by atoms with Gasteiger partial charge in [-0.15, -0.1) is 0 Å². The predicted molar refractivity (Wildman–Crippen MR) is 84.6 cm³/mol. The van der Waals surface area contributed by atoms with E-state index in [0.717, 1.165) is 11.1 Å². The van der Waals surface area contributed by atoms with E-state index in [1.165, 1.54) is 0 Å². The molecule has 1 unspecified atom stereocenters. The molecule has 2 rings (SSSR count). The van der Waals surface area contributed by atoms with Crippen LogP contribution in [0.25, 0.3) is 11.0 Å². The molecule has 0 aliphatic carbocycles. The Hall–Kier alpha value is -1.85. The first-order chi connectivity index (χ1) is 9.99. The van der Waals surface area contributed by atoms with E-state index in [4.69, 9.17) is 9.15 Å². The van der Waals surface area contributed by atoms with Crippen molar-refractivity contribution in [3.8, 4) is 0 Å². The number of hydrogen-bond acceptors (Lipinski definition) is 5. The number of nitrogens with one attached hydrogen (secondary N) is 2. The summed E-state index contributed by atoms with van der Waals surface area (Å²) in [5.41, 5.74) is 1.67. The van der Waals surface area contributed by atoms with Gasteiger partial charge in [-0.1, -0.05) is 0 Å². The molecule has 1 atom stereocenters. The second-order valence-electron chi connectivity index (χ2n) is 5.33. The highest BCUT2D eigenvalue weighted by Crippen LogP contribution is 2.19. The van der Waals surface area contributed by atoms with Crippen molar-refractivity contribution in [2.24, 2.45) is 0 Å². The molecule has 114 valence electrons. The summed E-state index contributed by atoms with van der Waals surface area (Å²) in [5.74, 6) is 0. The van der Waals surface area contributed by atoms with Crippen LogP contribution in [0.5, 0.6) is 0 Å². The van der Waals surface area contributed by atoms with Gasteiger partial charge in [-0.05, 0) is 46.0 Å². The van der Waals surface area contributed by atoms with Crippen LogP contribution in [0.3, 0.4) is 0 Å². The maximum absolute atomic E-state index is 12.0. The Morgan fingerprint density at radius 3 is 2.67 bits per heavy atom. The van der Waals surface area contributed by atoms with Gasteiger partial charge in [0.1, 0.15) is 5.58 Å². The normalized spacial score (nSPS) is 12.8. The van der Waals surface area contributed by atoms with Gasteiger partial charge in [0.15, 0.2) is 0 Å². The Labute approximate surface area is 124 Å². The van der Waals surface area contributed by atoms with Crippen LogP contribution in [-0.2, 0) is 11.3 Å². The molecule has 0 radical (unpaired) electrons. The van der Waals surface area contributed by atoms with Crippen molar-refractivity contribution in [2.75, 3.05) is 12.4 Å². The maximum Gasteiger partial charge on any atom is 0.341 e. The summed E-state index contributed by atoms with van der Waals surface area (Å²) < 4.78 is 10.9. The second-order valence-corrected chi connectivity index (χ2v) is 5.33. The molecular formula is C16H22N2O3. The van der Waals surface area contributed by atoms with Crippen LogP contribution in [0.1, 0.15) is 26.3 Å². The van der Waals surface area contributed by atoms with Crippen LogP contribution in [0, 0.1) is 0 Å². The van der Waals surface area contributed by atoms with Crippen molar-refractivity contribution < 1.29 is 9.15 Å². The molecule has 0 aliphatic heterocycles. The largest absolute Gasteiger partial charge is 0.422 e. The second kappa shape index (κ2) is 6.74. The van der Waals surface area contributed by atoms with Crippen LogP contribution >= 0.6 is 0 Å². The average molecular weight is 290 g/mol. The van der Waals surface area contributed by atoms with Crippen molar-refractivity contribution in [2.45, 2.75) is 39.6 Å². The summed E-state index contributed by atoms with van der Waals surface area (Å²) in [6.07, 6.45) is 0.211. The monoisotopic (exact) mass is 290 g/mol. The van der Waals surface area contributed by atoms with Crippen molar-refractivity contribution in [1.82, 2.24) is 5.32 Å². The van der Waals surface area contributed by atoms with Gasteiger partial charge in [-0.3, -0.25) is 0 Å². The Kier molecular flexibility index (Phi) is 4.98. The van der Waals surface area contributed by atoms with Gasteiger partial charge in [0, 0.05) is 17.1 Å². The molecule has 0 fully saturated rings. The molecule has 2 aromatic rings. The molecule has 1 aromatic heterocycles. The zero-order chi connectivity index (χ0) is 15.4. The van der Waals surface area contributed by atoms with Crippen molar-refractivity contribution in [3.05, 3.63) is 40.2 Å². The summed E-state index contributed by atoms with van der Waals surface area (Å²) in [6, 6.07) is 7.55. The Morgan fingerprint density at radius 1 is 1.24 bits per heavy atom. The number of ether oxygens (including phenoxy) is 1. The summed E-state index contributed by atoms with van der Waals surface area (Å²) in [7, 11) is 1.87. The van der Waals surface area contributed by atoms with Gasteiger partial charge >= 0.3 is 5.63 Å². The molecule has 0 amide bonds. The van der Waals surface area contributed by atoms with Gasteiger partial charge in [0.25, 0.3) is 0 Å². The molecule has 21 heavy (non-hydrogen) atoms. The lowest BCUT2D eigenvalue weighted by atomic mass is 10.1.